The first-order valence-corrected chi connectivity index (χ1v) is 8.05. The molecule has 4 nitrogen and oxygen atoms in total. The molecule has 1 aliphatic rings. The molecule has 0 spiro atoms. The quantitative estimate of drug-likeness (QED) is 0.851. The predicted molar refractivity (Wildman–Crippen MR) is 87.3 cm³/mol. The zero-order valence-corrected chi connectivity index (χ0v) is 13.5. The summed E-state index contributed by atoms with van der Waals surface area (Å²) in [6.07, 6.45) is 3.39. The van der Waals surface area contributed by atoms with Crippen molar-refractivity contribution in [3.63, 3.8) is 0 Å². The lowest BCUT2D eigenvalue weighted by molar-refractivity contribution is -0.135. The summed E-state index contributed by atoms with van der Waals surface area (Å²) < 4.78 is 2.45. The fourth-order valence-electron chi connectivity index (χ4n) is 2.98. The van der Waals surface area contributed by atoms with Crippen molar-refractivity contribution in [2.75, 3.05) is 13.1 Å². The maximum atomic E-state index is 12.7. The largest absolute Gasteiger partial charge is 0.341 e. The van der Waals surface area contributed by atoms with E-state index < -0.39 is 0 Å². The van der Waals surface area contributed by atoms with Crippen molar-refractivity contribution in [1.82, 2.24) is 14.5 Å². The van der Waals surface area contributed by atoms with E-state index in [1.807, 2.05) is 34.6 Å². The van der Waals surface area contributed by atoms with Crippen LogP contribution in [0.4, 0.5) is 0 Å². The van der Waals surface area contributed by atoms with Crippen molar-refractivity contribution in [2.24, 2.45) is 0 Å². The summed E-state index contributed by atoms with van der Waals surface area (Å²) >= 11 is 11.4. The van der Waals surface area contributed by atoms with Crippen molar-refractivity contribution in [3.8, 4) is 0 Å². The molecule has 1 aromatic heterocycles. The van der Waals surface area contributed by atoms with Crippen molar-refractivity contribution >= 4 is 40.8 Å². The van der Waals surface area contributed by atoms with Gasteiger partial charge in [0.15, 0.2) is 4.77 Å². The van der Waals surface area contributed by atoms with Gasteiger partial charge in [-0.1, -0.05) is 11.6 Å². The number of hydrogen-bond acceptors (Lipinski definition) is 2. The van der Waals surface area contributed by atoms with Crippen LogP contribution in [0.1, 0.15) is 32.2 Å². The molecule has 3 rings (SSSR count). The third kappa shape index (κ3) is 2.72. The summed E-state index contributed by atoms with van der Waals surface area (Å²) in [5.74, 6) is 0.140. The summed E-state index contributed by atoms with van der Waals surface area (Å²) in [7, 11) is 0. The van der Waals surface area contributed by atoms with Crippen LogP contribution in [0, 0.1) is 4.77 Å². The number of H-pyrrole nitrogens is 1. The minimum atomic E-state index is -0.300. The van der Waals surface area contributed by atoms with Gasteiger partial charge in [-0.3, -0.25) is 4.79 Å². The minimum absolute atomic E-state index is 0.140. The lowest BCUT2D eigenvalue weighted by Crippen LogP contribution is -2.39. The molecule has 6 heteroatoms. The summed E-state index contributed by atoms with van der Waals surface area (Å²) in [5.41, 5.74) is 1.79. The van der Waals surface area contributed by atoms with Gasteiger partial charge in [-0.25, -0.2) is 0 Å². The van der Waals surface area contributed by atoms with E-state index in [1.165, 1.54) is 6.42 Å². The summed E-state index contributed by atoms with van der Waals surface area (Å²) in [6, 6.07) is 5.26. The molecule has 1 atom stereocenters. The maximum absolute atomic E-state index is 12.7. The number of hydrogen-bond donors (Lipinski definition) is 1. The van der Waals surface area contributed by atoms with E-state index in [-0.39, 0.29) is 11.9 Å². The number of piperidine rings is 1. The standard InChI is InChI=1S/C15H18ClN3OS/c1-10(14(20)18-7-3-2-4-8-18)19-13-6-5-11(16)9-12(13)17-15(19)21/h5-6,9-10H,2-4,7-8H2,1H3,(H,17,21). The number of halogens is 1. The third-order valence-electron chi connectivity index (χ3n) is 4.09. The second kappa shape index (κ2) is 5.81. The van der Waals surface area contributed by atoms with Crippen LogP contribution in [0.3, 0.4) is 0 Å². The zero-order valence-electron chi connectivity index (χ0n) is 11.9. The fourth-order valence-corrected chi connectivity index (χ4v) is 3.52. The van der Waals surface area contributed by atoms with Crippen LogP contribution >= 0.6 is 23.8 Å². The summed E-state index contributed by atoms with van der Waals surface area (Å²) in [6.45, 7) is 3.62. The second-order valence-electron chi connectivity index (χ2n) is 5.52. The molecule has 1 aromatic carbocycles. The van der Waals surface area contributed by atoms with E-state index in [9.17, 15) is 4.79 Å². The highest BCUT2D eigenvalue weighted by Gasteiger charge is 2.25. The number of nitrogens with one attached hydrogen (secondary N) is 1. The molecular weight excluding hydrogens is 306 g/mol. The van der Waals surface area contributed by atoms with Gasteiger partial charge in [0.05, 0.1) is 11.0 Å². The van der Waals surface area contributed by atoms with Crippen LogP contribution in [0.25, 0.3) is 11.0 Å². The number of carbonyl (C=O) groups is 1. The number of nitrogens with zero attached hydrogens (tertiary/aromatic N) is 2. The molecule has 2 heterocycles. The maximum Gasteiger partial charge on any atom is 0.245 e. The van der Waals surface area contributed by atoms with Crippen LogP contribution < -0.4 is 0 Å². The SMILES string of the molecule is CC(C(=O)N1CCCCC1)n1c(=S)[nH]c2cc(Cl)ccc21. The Balaban J connectivity index is 1.97. The van der Waals surface area contributed by atoms with E-state index in [0.717, 1.165) is 37.0 Å². The Bertz CT molecular complexity index is 730. The number of aromatic amines is 1. The molecule has 0 radical (unpaired) electrons. The van der Waals surface area contributed by atoms with Crippen LogP contribution in [-0.2, 0) is 4.79 Å². The van der Waals surface area contributed by atoms with Crippen LogP contribution in [0.15, 0.2) is 18.2 Å². The first-order chi connectivity index (χ1) is 10.1. The van der Waals surface area contributed by atoms with Crippen LogP contribution in [0.2, 0.25) is 5.02 Å². The molecule has 0 aliphatic carbocycles. The monoisotopic (exact) mass is 323 g/mol. The van der Waals surface area contributed by atoms with Crippen molar-refractivity contribution in [2.45, 2.75) is 32.2 Å². The number of amides is 1. The Kier molecular flexibility index (Phi) is 4.04. The number of aromatic nitrogens is 2. The normalized spacial score (nSPS) is 17.1. The van der Waals surface area contributed by atoms with Crippen molar-refractivity contribution in [1.29, 1.82) is 0 Å². The van der Waals surface area contributed by atoms with Gasteiger partial charge in [-0.05, 0) is 56.6 Å². The van der Waals surface area contributed by atoms with Gasteiger partial charge in [0.1, 0.15) is 6.04 Å². The molecule has 1 amide bonds. The lowest BCUT2D eigenvalue weighted by Gasteiger charge is -2.29. The van der Waals surface area contributed by atoms with E-state index in [4.69, 9.17) is 23.8 Å². The summed E-state index contributed by atoms with van der Waals surface area (Å²) in [4.78, 5) is 17.8. The van der Waals surface area contributed by atoms with E-state index in [0.29, 0.717) is 9.79 Å². The Morgan fingerprint density at radius 3 is 2.76 bits per heavy atom. The number of fused-ring (bicyclic) bond motifs is 1. The molecule has 2 aromatic rings. The average molecular weight is 324 g/mol. The van der Waals surface area contributed by atoms with E-state index >= 15 is 0 Å². The number of imidazole rings is 1. The molecule has 1 aliphatic heterocycles. The number of likely N-dealkylation sites (tertiary alicyclic amines) is 1. The first kappa shape index (κ1) is 14.6. The molecule has 112 valence electrons. The van der Waals surface area contributed by atoms with Crippen LogP contribution in [0.5, 0.6) is 0 Å². The molecule has 0 bridgehead atoms. The molecule has 1 unspecified atom stereocenters. The average Bonchev–Trinajstić information content (AvgIpc) is 2.81. The van der Waals surface area contributed by atoms with Gasteiger partial charge in [-0.2, -0.15) is 0 Å². The number of benzene rings is 1. The Hall–Kier alpha value is -1.33. The highest BCUT2D eigenvalue weighted by molar-refractivity contribution is 7.71. The van der Waals surface area contributed by atoms with Gasteiger partial charge in [0, 0.05) is 18.1 Å². The highest BCUT2D eigenvalue weighted by atomic mass is 35.5. The third-order valence-corrected chi connectivity index (χ3v) is 4.62. The van der Waals surface area contributed by atoms with Gasteiger partial charge in [0.25, 0.3) is 0 Å². The topological polar surface area (TPSA) is 41.0 Å². The van der Waals surface area contributed by atoms with E-state index in [2.05, 4.69) is 4.98 Å². The molecular formula is C15H18ClN3OS. The molecule has 1 saturated heterocycles. The molecule has 1 N–H and O–H groups in total. The van der Waals surface area contributed by atoms with Gasteiger partial charge in [-0.15, -0.1) is 0 Å². The second-order valence-corrected chi connectivity index (χ2v) is 6.35. The highest BCUT2D eigenvalue weighted by Crippen LogP contribution is 2.24. The number of rotatable bonds is 2. The smallest absolute Gasteiger partial charge is 0.245 e. The lowest BCUT2D eigenvalue weighted by atomic mass is 10.1. The Labute approximate surface area is 133 Å². The number of carbonyl (C=O) groups excluding carboxylic acids is 1. The van der Waals surface area contributed by atoms with Gasteiger partial charge < -0.3 is 14.5 Å². The van der Waals surface area contributed by atoms with Crippen molar-refractivity contribution in [3.05, 3.63) is 28.0 Å². The molecule has 0 saturated carbocycles. The van der Waals surface area contributed by atoms with E-state index in [1.54, 1.807) is 0 Å². The first-order valence-electron chi connectivity index (χ1n) is 7.26. The zero-order chi connectivity index (χ0) is 15.0. The molecule has 21 heavy (non-hydrogen) atoms. The Morgan fingerprint density at radius 1 is 1.33 bits per heavy atom. The van der Waals surface area contributed by atoms with Gasteiger partial charge in [0.2, 0.25) is 5.91 Å². The molecule has 1 fully saturated rings. The predicted octanol–water partition coefficient (Wildman–Crippen LogP) is 3.93. The minimum Gasteiger partial charge on any atom is -0.341 e. The van der Waals surface area contributed by atoms with Crippen molar-refractivity contribution < 1.29 is 4.79 Å². The Morgan fingerprint density at radius 2 is 2.05 bits per heavy atom. The van der Waals surface area contributed by atoms with Gasteiger partial charge >= 0.3 is 0 Å². The summed E-state index contributed by atoms with van der Waals surface area (Å²) in [5, 5.41) is 0.654. The van der Waals surface area contributed by atoms with Crippen LogP contribution in [-0.4, -0.2) is 33.4 Å². The fraction of sp³-hybridized carbons (Fsp3) is 0.467.